The van der Waals surface area contributed by atoms with E-state index in [4.69, 9.17) is 5.73 Å². The highest BCUT2D eigenvalue weighted by Gasteiger charge is 2.31. The molecule has 2 rings (SSSR count). The zero-order chi connectivity index (χ0) is 13.3. The first-order valence-corrected chi connectivity index (χ1v) is 5.61. The fourth-order valence-electron chi connectivity index (χ4n) is 1.87. The molecule has 0 amide bonds. The monoisotopic (exact) mass is 257 g/mol. The lowest BCUT2D eigenvalue weighted by molar-refractivity contribution is -0.137. The van der Waals surface area contributed by atoms with E-state index in [1.165, 1.54) is 0 Å². The summed E-state index contributed by atoms with van der Waals surface area (Å²) >= 11 is 0. The lowest BCUT2D eigenvalue weighted by atomic mass is 10.1. The molecule has 6 heteroatoms. The number of benzene rings is 1. The van der Waals surface area contributed by atoms with Gasteiger partial charge in [-0.25, -0.2) is 0 Å². The van der Waals surface area contributed by atoms with E-state index in [1.54, 1.807) is 17.3 Å². The summed E-state index contributed by atoms with van der Waals surface area (Å²) in [5.74, 6) is 0. The van der Waals surface area contributed by atoms with Gasteiger partial charge in [0.25, 0.3) is 0 Å². The second-order valence-electron chi connectivity index (χ2n) is 4.36. The van der Waals surface area contributed by atoms with Crippen LogP contribution < -0.4 is 10.6 Å². The molecule has 2 N–H and O–H groups in total. The van der Waals surface area contributed by atoms with Gasteiger partial charge in [-0.2, -0.15) is 13.2 Å². The Morgan fingerprint density at radius 3 is 2.61 bits per heavy atom. The SMILES string of the molecule is CC1CN(c2cc(CN)cc(C(F)(F)F)c2)C=N1. The molecule has 0 aromatic heterocycles. The summed E-state index contributed by atoms with van der Waals surface area (Å²) in [6.07, 6.45) is -2.79. The Morgan fingerprint density at radius 1 is 1.39 bits per heavy atom. The number of hydrogen-bond donors (Lipinski definition) is 1. The van der Waals surface area contributed by atoms with E-state index >= 15 is 0 Å². The number of nitrogens with two attached hydrogens (primary N) is 1. The van der Waals surface area contributed by atoms with Crippen LogP contribution in [0.1, 0.15) is 18.1 Å². The number of nitrogens with zero attached hydrogens (tertiary/aromatic N) is 2. The van der Waals surface area contributed by atoms with Crippen LogP contribution in [0.3, 0.4) is 0 Å². The lowest BCUT2D eigenvalue weighted by Gasteiger charge is -2.18. The van der Waals surface area contributed by atoms with Crippen molar-refractivity contribution < 1.29 is 13.2 Å². The fourth-order valence-corrected chi connectivity index (χ4v) is 1.87. The maximum atomic E-state index is 12.8. The first kappa shape index (κ1) is 12.9. The summed E-state index contributed by atoms with van der Waals surface area (Å²) < 4.78 is 38.3. The Morgan fingerprint density at radius 2 is 2.11 bits per heavy atom. The molecular weight excluding hydrogens is 243 g/mol. The zero-order valence-corrected chi connectivity index (χ0v) is 9.91. The normalized spacial score (nSPS) is 19.6. The molecule has 0 bridgehead atoms. The minimum absolute atomic E-state index is 0.0808. The molecule has 3 nitrogen and oxygen atoms in total. The third kappa shape index (κ3) is 2.64. The van der Waals surface area contributed by atoms with E-state index in [1.807, 2.05) is 6.92 Å². The van der Waals surface area contributed by atoms with Crippen LogP contribution in [0, 0.1) is 0 Å². The summed E-state index contributed by atoms with van der Waals surface area (Å²) in [5, 5.41) is 0. The molecule has 0 spiro atoms. The molecule has 0 aliphatic carbocycles. The molecule has 0 fully saturated rings. The Kier molecular flexibility index (Phi) is 3.30. The molecule has 1 aromatic carbocycles. The number of anilines is 1. The predicted octanol–water partition coefficient (Wildman–Crippen LogP) is 2.40. The maximum Gasteiger partial charge on any atom is 0.416 e. The van der Waals surface area contributed by atoms with Gasteiger partial charge in [-0.05, 0) is 30.7 Å². The second-order valence-corrected chi connectivity index (χ2v) is 4.36. The summed E-state index contributed by atoms with van der Waals surface area (Å²) in [6, 6.07) is 3.98. The van der Waals surface area contributed by atoms with E-state index in [0.717, 1.165) is 12.1 Å². The van der Waals surface area contributed by atoms with E-state index in [2.05, 4.69) is 4.99 Å². The number of rotatable bonds is 2. The zero-order valence-electron chi connectivity index (χ0n) is 9.91. The van der Waals surface area contributed by atoms with E-state index < -0.39 is 11.7 Å². The molecule has 1 heterocycles. The highest BCUT2D eigenvalue weighted by molar-refractivity contribution is 5.81. The number of aliphatic imine (C=N–C) groups is 1. The van der Waals surface area contributed by atoms with Crippen LogP contribution in [0.25, 0.3) is 0 Å². The van der Waals surface area contributed by atoms with Crippen molar-refractivity contribution in [2.45, 2.75) is 25.7 Å². The van der Waals surface area contributed by atoms with Crippen molar-refractivity contribution in [2.24, 2.45) is 10.7 Å². The van der Waals surface area contributed by atoms with Crippen molar-refractivity contribution in [2.75, 3.05) is 11.4 Å². The molecule has 1 aliphatic rings. The molecule has 0 saturated heterocycles. The van der Waals surface area contributed by atoms with Crippen LogP contribution in [0.15, 0.2) is 23.2 Å². The van der Waals surface area contributed by atoms with Crippen molar-refractivity contribution >= 4 is 12.0 Å². The average Bonchev–Trinajstić information content (AvgIpc) is 2.74. The van der Waals surface area contributed by atoms with E-state index in [0.29, 0.717) is 17.8 Å². The minimum Gasteiger partial charge on any atom is -0.331 e. The predicted molar refractivity (Wildman–Crippen MR) is 64.6 cm³/mol. The highest BCUT2D eigenvalue weighted by Crippen LogP contribution is 2.33. The summed E-state index contributed by atoms with van der Waals surface area (Å²) in [6.45, 7) is 2.58. The van der Waals surface area contributed by atoms with Gasteiger partial charge in [-0.3, -0.25) is 4.99 Å². The quantitative estimate of drug-likeness (QED) is 0.884. The van der Waals surface area contributed by atoms with Gasteiger partial charge in [0.2, 0.25) is 0 Å². The van der Waals surface area contributed by atoms with Gasteiger partial charge in [-0.15, -0.1) is 0 Å². The van der Waals surface area contributed by atoms with E-state index in [-0.39, 0.29) is 12.6 Å². The van der Waals surface area contributed by atoms with E-state index in [9.17, 15) is 13.2 Å². The van der Waals surface area contributed by atoms with Crippen molar-refractivity contribution in [3.05, 3.63) is 29.3 Å². The third-order valence-electron chi connectivity index (χ3n) is 2.79. The second kappa shape index (κ2) is 4.61. The van der Waals surface area contributed by atoms with Crippen LogP contribution in [-0.2, 0) is 12.7 Å². The van der Waals surface area contributed by atoms with Crippen LogP contribution in [0.2, 0.25) is 0 Å². The molecule has 1 unspecified atom stereocenters. The highest BCUT2D eigenvalue weighted by atomic mass is 19.4. The summed E-state index contributed by atoms with van der Waals surface area (Å²) in [4.78, 5) is 5.84. The van der Waals surface area contributed by atoms with Gasteiger partial charge in [0, 0.05) is 18.8 Å². The third-order valence-corrected chi connectivity index (χ3v) is 2.79. The lowest BCUT2D eigenvalue weighted by Crippen LogP contribution is -2.22. The number of alkyl halides is 3. The van der Waals surface area contributed by atoms with Crippen molar-refractivity contribution in [1.82, 2.24) is 0 Å². The molecule has 98 valence electrons. The Balaban J connectivity index is 2.39. The fraction of sp³-hybridized carbons (Fsp3) is 0.417. The molecule has 0 radical (unpaired) electrons. The Labute approximate surface area is 103 Å². The van der Waals surface area contributed by atoms with Crippen LogP contribution in [0.5, 0.6) is 0 Å². The molecular formula is C12H14F3N3. The first-order valence-electron chi connectivity index (χ1n) is 5.61. The molecule has 1 atom stereocenters. The van der Waals surface area contributed by atoms with Gasteiger partial charge < -0.3 is 10.6 Å². The molecule has 18 heavy (non-hydrogen) atoms. The van der Waals surface area contributed by atoms with Gasteiger partial charge in [0.1, 0.15) is 0 Å². The van der Waals surface area contributed by atoms with Gasteiger partial charge in [0.05, 0.1) is 17.9 Å². The van der Waals surface area contributed by atoms with Crippen molar-refractivity contribution in [3.63, 3.8) is 0 Å². The Hall–Kier alpha value is -1.56. The molecule has 0 saturated carbocycles. The first-order chi connectivity index (χ1) is 8.40. The summed E-state index contributed by atoms with van der Waals surface area (Å²) in [7, 11) is 0. The van der Waals surface area contributed by atoms with Gasteiger partial charge >= 0.3 is 6.18 Å². The van der Waals surface area contributed by atoms with Gasteiger partial charge in [-0.1, -0.05) is 0 Å². The Bertz CT molecular complexity index is 468. The molecule has 1 aliphatic heterocycles. The van der Waals surface area contributed by atoms with Crippen LogP contribution in [0.4, 0.5) is 18.9 Å². The number of hydrogen-bond acceptors (Lipinski definition) is 3. The average molecular weight is 257 g/mol. The standard InChI is InChI=1S/C12H14F3N3/c1-8-6-18(7-17-8)11-3-9(5-16)2-10(4-11)12(13,14)15/h2-4,7-8H,5-6,16H2,1H3. The minimum atomic E-state index is -4.36. The number of halogens is 3. The maximum absolute atomic E-state index is 12.8. The van der Waals surface area contributed by atoms with Gasteiger partial charge in [0.15, 0.2) is 0 Å². The van der Waals surface area contributed by atoms with Crippen LogP contribution >= 0.6 is 0 Å². The molecule has 1 aromatic rings. The van der Waals surface area contributed by atoms with Crippen LogP contribution in [-0.4, -0.2) is 18.9 Å². The van der Waals surface area contributed by atoms with Crippen molar-refractivity contribution in [1.29, 1.82) is 0 Å². The smallest absolute Gasteiger partial charge is 0.331 e. The topological polar surface area (TPSA) is 41.6 Å². The summed E-state index contributed by atoms with van der Waals surface area (Å²) in [5.41, 5.74) is 5.71. The largest absolute Gasteiger partial charge is 0.416 e. The van der Waals surface area contributed by atoms with Crippen molar-refractivity contribution in [3.8, 4) is 0 Å².